The van der Waals surface area contributed by atoms with Gasteiger partial charge in [-0.2, -0.15) is 0 Å². The Balaban J connectivity index is 2.25. The number of hydrogen-bond donors (Lipinski definition) is 2. The number of carbonyl (C=O) groups excluding carboxylic acids is 1. The largest absolute Gasteiger partial charge is 0.494 e. The lowest BCUT2D eigenvalue weighted by Gasteiger charge is -2.06. The molecule has 1 rings (SSSR count). The van der Waals surface area contributed by atoms with Crippen molar-refractivity contribution in [2.45, 2.75) is 19.9 Å². The monoisotopic (exact) mass is 236 g/mol. The van der Waals surface area contributed by atoms with Gasteiger partial charge in [0.2, 0.25) is 5.91 Å². The summed E-state index contributed by atoms with van der Waals surface area (Å²) in [5, 5.41) is 5.81. The molecule has 0 heterocycles. The van der Waals surface area contributed by atoms with Gasteiger partial charge in [-0.1, -0.05) is 12.1 Å². The molecule has 0 saturated carbocycles. The molecule has 0 atom stereocenters. The second kappa shape index (κ2) is 7.68. The maximum Gasteiger partial charge on any atom is 0.221 e. The second-order valence-corrected chi connectivity index (χ2v) is 3.68. The summed E-state index contributed by atoms with van der Waals surface area (Å²) in [6.45, 7) is 4.11. The Morgan fingerprint density at radius 2 is 2.00 bits per heavy atom. The highest BCUT2D eigenvalue weighted by molar-refractivity contribution is 5.75. The zero-order valence-corrected chi connectivity index (χ0v) is 10.5. The summed E-state index contributed by atoms with van der Waals surface area (Å²) in [5.74, 6) is 0.950. The standard InChI is InChI=1S/C13H20N2O2/c1-3-17-12-6-4-11(5-7-12)10-15-9-8-13(16)14-2/h4-7,15H,3,8-10H2,1-2H3,(H,14,16). The van der Waals surface area contributed by atoms with Gasteiger partial charge in [0.05, 0.1) is 6.61 Å². The minimum absolute atomic E-state index is 0.0594. The van der Waals surface area contributed by atoms with Crippen molar-refractivity contribution in [3.63, 3.8) is 0 Å². The van der Waals surface area contributed by atoms with Crippen LogP contribution in [0.15, 0.2) is 24.3 Å². The summed E-state index contributed by atoms with van der Waals surface area (Å²) in [5.41, 5.74) is 1.19. The van der Waals surface area contributed by atoms with Crippen LogP contribution in [0.25, 0.3) is 0 Å². The lowest BCUT2D eigenvalue weighted by molar-refractivity contribution is -0.120. The van der Waals surface area contributed by atoms with Gasteiger partial charge >= 0.3 is 0 Å². The van der Waals surface area contributed by atoms with Crippen LogP contribution >= 0.6 is 0 Å². The number of carbonyl (C=O) groups is 1. The molecule has 0 unspecified atom stereocenters. The lowest BCUT2D eigenvalue weighted by atomic mass is 10.2. The van der Waals surface area contributed by atoms with E-state index >= 15 is 0 Å². The van der Waals surface area contributed by atoms with Crippen molar-refractivity contribution >= 4 is 5.91 Å². The average molecular weight is 236 g/mol. The fourth-order valence-electron chi connectivity index (χ4n) is 1.43. The molecule has 4 heteroatoms. The Morgan fingerprint density at radius 1 is 1.29 bits per heavy atom. The third-order valence-corrected chi connectivity index (χ3v) is 2.37. The predicted octanol–water partition coefficient (Wildman–Crippen LogP) is 1.31. The van der Waals surface area contributed by atoms with E-state index in [1.807, 2.05) is 31.2 Å². The van der Waals surface area contributed by atoms with Crippen LogP contribution in [0.5, 0.6) is 5.75 Å². The minimum atomic E-state index is 0.0594. The van der Waals surface area contributed by atoms with Crippen molar-refractivity contribution in [3.8, 4) is 5.75 Å². The Labute approximate surface area is 102 Å². The first-order chi connectivity index (χ1) is 8.26. The fraction of sp³-hybridized carbons (Fsp3) is 0.462. The van der Waals surface area contributed by atoms with Gasteiger partial charge in [-0.3, -0.25) is 4.79 Å². The molecule has 4 nitrogen and oxygen atoms in total. The van der Waals surface area contributed by atoms with E-state index in [-0.39, 0.29) is 5.91 Å². The van der Waals surface area contributed by atoms with Crippen LogP contribution < -0.4 is 15.4 Å². The third kappa shape index (κ3) is 5.36. The maximum absolute atomic E-state index is 11.0. The molecule has 0 aliphatic rings. The molecule has 0 aromatic heterocycles. The molecule has 17 heavy (non-hydrogen) atoms. The highest BCUT2D eigenvalue weighted by Crippen LogP contribution is 2.11. The van der Waals surface area contributed by atoms with Gasteiger partial charge in [-0.05, 0) is 24.6 Å². The quantitative estimate of drug-likeness (QED) is 0.702. The number of hydrogen-bond acceptors (Lipinski definition) is 3. The molecule has 0 aliphatic heterocycles. The molecule has 0 radical (unpaired) electrons. The number of nitrogens with one attached hydrogen (secondary N) is 2. The molecule has 0 saturated heterocycles. The molecule has 1 aromatic rings. The van der Waals surface area contributed by atoms with Crippen LogP contribution in [0.2, 0.25) is 0 Å². The van der Waals surface area contributed by atoms with Gasteiger partial charge in [0.25, 0.3) is 0 Å². The van der Waals surface area contributed by atoms with E-state index in [4.69, 9.17) is 4.74 Å². The van der Waals surface area contributed by atoms with Crippen LogP contribution in [0, 0.1) is 0 Å². The van der Waals surface area contributed by atoms with E-state index in [0.717, 1.165) is 12.3 Å². The number of ether oxygens (including phenoxy) is 1. The Kier molecular flexibility index (Phi) is 6.10. The maximum atomic E-state index is 11.0. The van der Waals surface area contributed by atoms with Gasteiger partial charge in [-0.25, -0.2) is 0 Å². The lowest BCUT2D eigenvalue weighted by Crippen LogP contribution is -2.24. The molecule has 94 valence electrons. The summed E-state index contributed by atoms with van der Waals surface area (Å²) in [4.78, 5) is 11.0. The molecule has 0 aliphatic carbocycles. The van der Waals surface area contributed by atoms with Crippen LogP contribution in [-0.2, 0) is 11.3 Å². The van der Waals surface area contributed by atoms with E-state index < -0.39 is 0 Å². The zero-order chi connectivity index (χ0) is 12.5. The van der Waals surface area contributed by atoms with Crippen molar-refractivity contribution in [2.24, 2.45) is 0 Å². The van der Waals surface area contributed by atoms with E-state index in [2.05, 4.69) is 10.6 Å². The first kappa shape index (κ1) is 13.5. The van der Waals surface area contributed by atoms with E-state index in [9.17, 15) is 4.79 Å². The van der Waals surface area contributed by atoms with Crippen LogP contribution in [0.4, 0.5) is 0 Å². The van der Waals surface area contributed by atoms with Crippen molar-refractivity contribution in [1.82, 2.24) is 10.6 Å². The predicted molar refractivity (Wildman–Crippen MR) is 68.0 cm³/mol. The van der Waals surface area contributed by atoms with Gasteiger partial charge < -0.3 is 15.4 Å². The Bertz CT molecular complexity index is 336. The van der Waals surface area contributed by atoms with E-state index in [1.165, 1.54) is 5.56 Å². The molecule has 0 bridgehead atoms. The van der Waals surface area contributed by atoms with Gasteiger partial charge in [0.15, 0.2) is 0 Å². The summed E-state index contributed by atoms with van der Waals surface area (Å²) in [6, 6.07) is 7.97. The smallest absolute Gasteiger partial charge is 0.221 e. The number of rotatable bonds is 7. The normalized spacial score (nSPS) is 10.0. The van der Waals surface area contributed by atoms with Crippen molar-refractivity contribution in [1.29, 1.82) is 0 Å². The second-order valence-electron chi connectivity index (χ2n) is 3.68. The summed E-state index contributed by atoms with van der Waals surface area (Å²) in [6.07, 6.45) is 0.507. The number of benzene rings is 1. The Hall–Kier alpha value is -1.55. The van der Waals surface area contributed by atoms with Crippen LogP contribution in [0.3, 0.4) is 0 Å². The summed E-state index contributed by atoms with van der Waals surface area (Å²) < 4.78 is 5.36. The van der Waals surface area contributed by atoms with E-state index in [0.29, 0.717) is 19.6 Å². The highest BCUT2D eigenvalue weighted by atomic mass is 16.5. The third-order valence-electron chi connectivity index (χ3n) is 2.37. The SMILES string of the molecule is CCOc1ccc(CNCCC(=O)NC)cc1. The van der Waals surface area contributed by atoms with Crippen molar-refractivity contribution in [3.05, 3.63) is 29.8 Å². The fourth-order valence-corrected chi connectivity index (χ4v) is 1.43. The Morgan fingerprint density at radius 3 is 2.59 bits per heavy atom. The minimum Gasteiger partial charge on any atom is -0.494 e. The van der Waals surface area contributed by atoms with E-state index in [1.54, 1.807) is 7.05 Å². The summed E-state index contributed by atoms with van der Waals surface area (Å²) in [7, 11) is 1.65. The highest BCUT2D eigenvalue weighted by Gasteiger charge is 1.98. The van der Waals surface area contributed by atoms with Crippen LogP contribution in [0.1, 0.15) is 18.9 Å². The molecule has 2 N–H and O–H groups in total. The molecule has 0 spiro atoms. The molecule has 1 amide bonds. The topological polar surface area (TPSA) is 50.4 Å². The van der Waals surface area contributed by atoms with Gasteiger partial charge in [-0.15, -0.1) is 0 Å². The van der Waals surface area contributed by atoms with Crippen molar-refractivity contribution in [2.75, 3.05) is 20.2 Å². The zero-order valence-electron chi connectivity index (χ0n) is 10.5. The molecular formula is C13H20N2O2. The summed E-state index contributed by atoms with van der Waals surface area (Å²) >= 11 is 0. The molecule has 0 fully saturated rings. The van der Waals surface area contributed by atoms with Crippen molar-refractivity contribution < 1.29 is 9.53 Å². The number of amides is 1. The first-order valence-corrected chi connectivity index (χ1v) is 5.89. The molecule has 1 aromatic carbocycles. The average Bonchev–Trinajstić information content (AvgIpc) is 2.36. The first-order valence-electron chi connectivity index (χ1n) is 5.89. The van der Waals surface area contributed by atoms with Crippen LogP contribution in [-0.4, -0.2) is 26.1 Å². The van der Waals surface area contributed by atoms with Gasteiger partial charge in [0.1, 0.15) is 5.75 Å². The molecular weight excluding hydrogens is 216 g/mol. The van der Waals surface area contributed by atoms with Gasteiger partial charge in [0, 0.05) is 26.6 Å².